The summed E-state index contributed by atoms with van der Waals surface area (Å²) >= 11 is 0. The molecule has 1 amide bonds. The Hall–Kier alpha value is -2.66. The average molecular weight is 337 g/mol. The van der Waals surface area contributed by atoms with Gasteiger partial charge in [-0.25, -0.2) is 0 Å². The molecule has 0 aliphatic carbocycles. The van der Waals surface area contributed by atoms with E-state index in [-0.39, 0.29) is 18.5 Å². The Morgan fingerprint density at radius 3 is 2.60 bits per heavy atom. The summed E-state index contributed by atoms with van der Waals surface area (Å²) in [5, 5.41) is 19.6. The highest BCUT2D eigenvalue weighted by Crippen LogP contribution is 2.20. The average Bonchev–Trinajstić information content (AvgIpc) is 3.00. The minimum atomic E-state index is -0.756. The Bertz CT molecular complexity index is 899. The molecule has 5 heteroatoms. The molecule has 1 heterocycles. The highest BCUT2D eigenvalue weighted by atomic mass is 16.3. The van der Waals surface area contributed by atoms with Crippen molar-refractivity contribution >= 4 is 16.7 Å². The number of aromatic nitrogens is 2. The van der Waals surface area contributed by atoms with Crippen molar-refractivity contribution in [1.82, 2.24) is 15.1 Å². The van der Waals surface area contributed by atoms with Crippen LogP contribution in [0.4, 0.5) is 0 Å². The van der Waals surface area contributed by atoms with Crippen LogP contribution >= 0.6 is 0 Å². The molecule has 0 spiro atoms. The number of hydrogen-bond acceptors (Lipinski definition) is 3. The second-order valence-electron chi connectivity index (χ2n) is 6.51. The lowest BCUT2D eigenvalue weighted by molar-refractivity contribution is 0.0915. The third-order valence-corrected chi connectivity index (χ3v) is 4.39. The molecule has 0 saturated heterocycles. The molecule has 2 N–H and O–H groups in total. The summed E-state index contributed by atoms with van der Waals surface area (Å²) in [7, 11) is 0. The molecule has 0 aliphatic heterocycles. The molecule has 0 bridgehead atoms. The predicted octanol–water partition coefficient (Wildman–Crippen LogP) is 3.39. The number of fused-ring (bicyclic) bond motifs is 1. The molecule has 3 aromatic rings. The number of carbonyl (C=O) groups is 1. The summed E-state index contributed by atoms with van der Waals surface area (Å²) in [4.78, 5) is 12.4. The van der Waals surface area contributed by atoms with Crippen LogP contribution in [-0.2, 0) is 0 Å². The molecular formula is C20H23N3O2. The highest BCUT2D eigenvalue weighted by molar-refractivity contribution is 5.95. The summed E-state index contributed by atoms with van der Waals surface area (Å²) in [5.74, 6) is -0.218. The zero-order valence-electron chi connectivity index (χ0n) is 14.7. The number of aliphatic hydroxyl groups is 1. The third kappa shape index (κ3) is 3.56. The van der Waals surface area contributed by atoms with E-state index in [0.717, 1.165) is 22.0 Å². The smallest absolute Gasteiger partial charge is 0.254 e. The van der Waals surface area contributed by atoms with Gasteiger partial charge in [-0.1, -0.05) is 36.4 Å². The van der Waals surface area contributed by atoms with Gasteiger partial charge in [0.25, 0.3) is 5.91 Å². The number of nitrogens with one attached hydrogen (secondary N) is 1. The Kier molecular flexibility index (Phi) is 4.86. The topological polar surface area (TPSA) is 67.2 Å². The van der Waals surface area contributed by atoms with Crippen LogP contribution in [0.5, 0.6) is 0 Å². The maximum absolute atomic E-state index is 12.4. The van der Waals surface area contributed by atoms with Crippen LogP contribution in [0.25, 0.3) is 10.8 Å². The van der Waals surface area contributed by atoms with Crippen LogP contribution in [0.1, 0.15) is 47.6 Å². The Morgan fingerprint density at radius 2 is 1.92 bits per heavy atom. The molecule has 25 heavy (non-hydrogen) atoms. The van der Waals surface area contributed by atoms with E-state index in [1.54, 1.807) is 6.20 Å². The zero-order chi connectivity index (χ0) is 18.0. The van der Waals surface area contributed by atoms with Crippen molar-refractivity contribution in [2.75, 3.05) is 6.54 Å². The molecule has 1 atom stereocenters. The van der Waals surface area contributed by atoms with Crippen molar-refractivity contribution in [3.63, 3.8) is 0 Å². The van der Waals surface area contributed by atoms with Gasteiger partial charge in [0.2, 0.25) is 0 Å². The molecule has 2 aromatic carbocycles. The molecule has 0 saturated carbocycles. The fourth-order valence-corrected chi connectivity index (χ4v) is 2.98. The number of aliphatic hydroxyl groups excluding tert-OH is 1. The fraction of sp³-hybridized carbons (Fsp3) is 0.300. The van der Waals surface area contributed by atoms with Crippen LogP contribution in [0.15, 0.2) is 48.7 Å². The van der Waals surface area contributed by atoms with E-state index >= 15 is 0 Å². The van der Waals surface area contributed by atoms with E-state index in [1.807, 2.05) is 67.9 Å². The second kappa shape index (κ2) is 7.07. The summed E-state index contributed by atoms with van der Waals surface area (Å²) in [6, 6.07) is 14.0. The molecule has 1 aromatic heterocycles. The van der Waals surface area contributed by atoms with Gasteiger partial charge in [-0.05, 0) is 43.2 Å². The molecule has 130 valence electrons. The molecule has 0 fully saturated rings. The number of carbonyl (C=O) groups excluding carboxylic acids is 1. The monoisotopic (exact) mass is 337 g/mol. The lowest BCUT2D eigenvalue weighted by atomic mass is 10.0. The highest BCUT2D eigenvalue weighted by Gasteiger charge is 2.17. The summed E-state index contributed by atoms with van der Waals surface area (Å²) < 4.78 is 1.81. The third-order valence-electron chi connectivity index (χ3n) is 4.39. The van der Waals surface area contributed by atoms with E-state index in [9.17, 15) is 9.90 Å². The van der Waals surface area contributed by atoms with Crippen LogP contribution in [0.3, 0.4) is 0 Å². The van der Waals surface area contributed by atoms with Crippen molar-refractivity contribution in [1.29, 1.82) is 0 Å². The first-order valence-corrected chi connectivity index (χ1v) is 8.46. The van der Waals surface area contributed by atoms with Crippen LogP contribution in [0, 0.1) is 6.92 Å². The van der Waals surface area contributed by atoms with E-state index in [4.69, 9.17) is 0 Å². The number of rotatable bonds is 5. The maximum Gasteiger partial charge on any atom is 0.254 e. The van der Waals surface area contributed by atoms with Gasteiger partial charge in [0.05, 0.1) is 17.9 Å². The first-order chi connectivity index (χ1) is 12.0. The van der Waals surface area contributed by atoms with Crippen LogP contribution in [-0.4, -0.2) is 27.3 Å². The van der Waals surface area contributed by atoms with Crippen molar-refractivity contribution in [3.05, 3.63) is 65.5 Å². The standard InChI is InChI=1S/C20H23N3O2/c1-13(2)23-14(3)18(11-22-23)20(25)21-12-19(24)17-9-8-15-6-4-5-7-16(15)10-17/h4-11,13,19,24H,12H2,1-3H3,(H,21,25). The molecular weight excluding hydrogens is 314 g/mol. The van der Waals surface area contributed by atoms with Crippen molar-refractivity contribution < 1.29 is 9.90 Å². The summed E-state index contributed by atoms with van der Waals surface area (Å²) in [6.45, 7) is 6.07. The largest absolute Gasteiger partial charge is 0.387 e. The lowest BCUT2D eigenvalue weighted by Crippen LogP contribution is -2.28. The number of nitrogens with zero attached hydrogens (tertiary/aromatic N) is 2. The lowest BCUT2D eigenvalue weighted by Gasteiger charge is -2.13. The van der Waals surface area contributed by atoms with Gasteiger partial charge in [0, 0.05) is 18.3 Å². The number of hydrogen-bond donors (Lipinski definition) is 2. The Morgan fingerprint density at radius 1 is 1.20 bits per heavy atom. The van der Waals surface area contributed by atoms with Gasteiger partial charge in [-0.3, -0.25) is 9.48 Å². The number of benzene rings is 2. The molecule has 0 aliphatic rings. The van der Waals surface area contributed by atoms with E-state index < -0.39 is 6.10 Å². The SMILES string of the molecule is Cc1c(C(=O)NCC(O)c2ccc3ccccc3c2)cnn1C(C)C. The first kappa shape index (κ1) is 17.2. The number of amides is 1. The molecule has 1 unspecified atom stereocenters. The van der Waals surface area contributed by atoms with Crippen molar-refractivity contribution in [2.24, 2.45) is 0 Å². The maximum atomic E-state index is 12.4. The summed E-state index contributed by atoms with van der Waals surface area (Å²) in [5.41, 5.74) is 2.15. The fourth-order valence-electron chi connectivity index (χ4n) is 2.98. The van der Waals surface area contributed by atoms with Gasteiger partial charge in [-0.15, -0.1) is 0 Å². The first-order valence-electron chi connectivity index (χ1n) is 8.46. The molecule has 5 nitrogen and oxygen atoms in total. The van der Waals surface area contributed by atoms with Crippen LogP contribution < -0.4 is 5.32 Å². The Labute approximate surface area is 147 Å². The van der Waals surface area contributed by atoms with Crippen molar-refractivity contribution in [2.45, 2.75) is 32.9 Å². The molecule has 3 rings (SSSR count). The molecule has 0 radical (unpaired) electrons. The zero-order valence-corrected chi connectivity index (χ0v) is 14.7. The minimum absolute atomic E-state index is 0.156. The van der Waals surface area contributed by atoms with Gasteiger partial charge in [-0.2, -0.15) is 5.10 Å². The van der Waals surface area contributed by atoms with E-state index in [1.165, 1.54) is 0 Å². The summed E-state index contributed by atoms with van der Waals surface area (Å²) in [6.07, 6.45) is 0.821. The Balaban J connectivity index is 1.68. The minimum Gasteiger partial charge on any atom is -0.387 e. The van der Waals surface area contributed by atoms with Gasteiger partial charge in [0.15, 0.2) is 0 Å². The quantitative estimate of drug-likeness (QED) is 0.750. The predicted molar refractivity (Wildman–Crippen MR) is 98.6 cm³/mol. The normalized spacial score (nSPS) is 12.5. The van der Waals surface area contributed by atoms with E-state index in [0.29, 0.717) is 5.56 Å². The van der Waals surface area contributed by atoms with Crippen LogP contribution in [0.2, 0.25) is 0 Å². The van der Waals surface area contributed by atoms with Gasteiger partial charge < -0.3 is 10.4 Å². The van der Waals surface area contributed by atoms with Gasteiger partial charge >= 0.3 is 0 Å². The van der Waals surface area contributed by atoms with Gasteiger partial charge in [0.1, 0.15) is 0 Å². The second-order valence-corrected chi connectivity index (χ2v) is 6.51. The van der Waals surface area contributed by atoms with E-state index in [2.05, 4.69) is 10.4 Å². The van der Waals surface area contributed by atoms with Crippen molar-refractivity contribution in [3.8, 4) is 0 Å².